The number of halogens is 2. The second kappa shape index (κ2) is 3.61. The minimum absolute atomic E-state index is 0.0436. The van der Waals surface area contributed by atoms with E-state index in [1.807, 2.05) is 0 Å². The first-order valence-corrected chi connectivity index (χ1v) is 4.66. The highest BCUT2D eigenvalue weighted by Gasteiger charge is 2.31. The van der Waals surface area contributed by atoms with Crippen LogP contribution in [0.1, 0.15) is 36.7 Å². The molecule has 78 valence electrons. The third-order valence-electron chi connectivity index (χ3n) is 2.28. The highest BCUT2D eigenvalue weighted by atomic mass is 19.3. The van der Waals surface area contributed by atoms with E-state index in [4.69, 9.17) is 5.73 Å². The van der Waals surface area contributed by atoms with Crippen LogP contribution in [0.25, 0.3) is 0 Å². The predicted molar refractivity (Wildman–Crippen MR) is 46.0 cm³/mol. The molecule has 0 saturated heterocycles. The van der Waals surface area contributed by atoms with Crippen molar-refractivity contribution in [1.29, 1.82) is 0 Å². The summed E-state index contributed by atoms with van der Waals surface area (Å²) in [5.41, 5.74) is 5.61. The van der Waals surface area contributed by atoms with Gasteiger partial charge in [0.15, 0.2) is 0 Å². The molecule has 0 amide bonds. The smallest absolute Gasteiger partial charge is 0.281 e. The molecule has 1 fully saturated rings. The monoisotopic (exact) mass is 202 g/mol. The molecule has 0 aliphatic heterocycles. The minimum atomic E-state index is -2.51. The van der Waals surface area contributed by atoms with Crippen molar-refractivity contribution in [3.05, 3.63) is 11.4 Å². The molecule has 2 N–H and O–H groups in total. The maximum Gasteiger partial charge on any atom is 0.281 e. The summed E-state index contributed by atoms with van der Waals surface area (Å²) in [6.07, 6.45) is -0.296. The van der Waals surface area contributed by atoms with Crippen LogP contribution in [-0.4, -0.2) is 21.5 Å². The lowest BCUT2D eigenvalue weighted by molar-refractivity contribution is 0.137. The van der Waals surface area contributed by atoms with Gasteiger partial charge >= 0.3 is 0 Å². The van der Waals surface area contributed by atoms with Gasteiger partial charge in [0.1, 0.15) is 5.69 Å². The number of rotatable bonds is 4. The van der Waals surface area contributed by atoms with Crippen LogP contribution >= 0.6 is 0 Å². The van der Waals surface area contributed by atoms with Crippen molar-refractivity contribution in [2.45, 2.75) is 31.7 Å². The zero-order chi connectivity index (χ0) is 10.1. The molecule has 0 radical (unpaired) electrons. The summed E-state index contributed by atoms with van der Waals surface area (Å²) in [7, 11) is 0. The molecular weight excluding hydrogens is 190 g/mol. The highest BCUT2D eigenvalue weighted by Crippen LogP contribution is 2.37. The first-order chi connectivity index (χ1) is 6.74. The summed E-state index contributed by atoms with van der Waals surface area (Å²) in [5, 5.41) is 7.49. The molecule has 4 nitrogen and oxygen atoms in total. The average Bonchev–Trinajstić information content (AvgIpc) is 2.88. The Bertz CT molecular complexity index is 319. The van der Waals surface area contributed by atoms with E-state index in [0.29, 0.717) is 18.7 Å². The zero-order valence-corrected chi connectivity index (χ0v) is 7.66. The van der Waals surface area contributed by atoms with E-state index in [-0.39, 0.29) is 11.7 Å². The summed E-state index contributed by atoms with van der Waals surface area (Å²) >= 11 is 0. The van der Waals surface area contributed by atoms with Crippen molar-refractivity contribution < 1.29 is 8.78 Å². The highest BCUT2D eigenvalue weighted by molar-refractivity contribution is 5.14. The first-order valence-electron chi connectivity index (χ1n) is 4.66. The van der Waals surface area contributed by atoms with E-state index in [1.54, 1.807) is 0 Å². The normalized spacial score (nSPS) is 16.6. The number of hydrogen-bond donors (Lipinski definition) is 1. The van der Waals surface area contributed by atoms with E-state index in [9.17, 15) is 8.78 Å². The van der Waals surface area contributed by atoms with Gasteiger partial charge in [-0.15, -0.1) is 5.10 Å². The molecular formula is C8H12F2N4. The molecule has 0 bridgehead atoms. The molecule has 0 aromatic carbocycles. The van der Waals surface area contributed by atoms with E-state index < -0.39 is 6.43 Å². The molecule has 2 rings (SSSR count). The standard InChI is InChI=1S/C8H12F2N4/c9-8(10)7-6(3-4-11)12-13-14(7)5-1-2-5/h5,8H,1-4,11H2. The lowest BCUT2D eigenvalue weighted by atomic mass is 10.2. The van der Waals surface area contributed by atoms with Gasteiger partial charge in [0.05, 0.1) is 11.7 Å². The Morgan fingerprint density at radius 2 is 2.21 bits per heavy atom. The van der Waals surface area contributed by atoms with Crippen LogP contribution in [0.4, 0.5) is 8.78 Å². The largest absolute Gasteiger partial charge is 0.330 e. The lowest BCUT2D eigenvalue weighted by Crippen LogP contribution is -2.08. The Balaban J connectivity index is 2.31. The summed E-state index contributed by atoms with van der Waals surface area (Å²) in [4.78, 5) is 0. The molecule has 1 saturated carbocycles. The zero-order valence-electron chi connectivity index (χ0n) is 7.66. The van der Waals surface area contributed by atoms with Crippen molar-refractivity contribution in [3.8, 4) is 0 Å². The molecule has 1 aliphatic carbocycles. The van der Waals surface area contributed by atoms with Gasteiger partial charge in [-0.05, 0) is 19.4 Å². The first kappa shape index (κ1) is 9.51. The van der Waals surface area contributed by atoms with Crippen molar-refractivity contribution in [3.63, 3.8) is 0 Å². The van der Waals surface area contributed by atoms with Gasteiger partial charge < -0.3 is 5.73 Å². The Labute approximate surface area is 80.1 Å². The number of aromatic nitrogens is 3. The van der Waals surface area contributed by atoms with Crippen LogP contribution in [0, 0.1) is 0 Å². The van der Waals surface area contributed by atoms with Gasteiger partial charge in [-0.25, -0.2) is 13.5 Å². The predicted octanol–water partition coefficient (Wildman–Crippen LogP) is 1.05. The van der Waals surface area contributed by atoms with Crippen LogP contribution in [0.5, 0.6) is 0 Å². The Hall–Kier alpha value is -1.04. The molecule has 0 atom stereocenters. The molecule has 0 unspecified atom stereocenters. The number of nitrogens with two attached hydrogens (primary N) is 1. The number of alkyl halides is 2. The SMILES string of the molecule is NCCc1nnn(C2CC2)c1C(F)F. The van der Waals surface area contributed by atoms with Crippen LogP contribution in [-0.2, 0) is 6.42 Å². The minimum Gasteiger partial charge on any atom is -0.330 e. The molecule has 1 heterocycles. The molecule has 1 aromatic heterocycles. The molecule has 14 heavy (non-hydrogen) atoms. The van der Waals surface area contributed by atoms with Crippen molar-refractivity contribution >= 4 is 0 Å². The summed E-state index contributed by atoms with van der Waals surface area (Å²) in [5.74, 6) is 0. The third-order valence-corrected chi connectivity index (χ3v) is 2.28. The maximum atomic E-state index is 12.7. The van der Waals surface area contributed by atoms with Gasteiger partial charge in [-0.2, -0.15) is 0 Å². The topological polar surface area (TPSA) is 56.7 Å². The quantitative estimate of drug-likeness (QED) is 0.794. The molecule has 0 spiro atoms. The van der Waals surface area contributed by atoms with Gasteiger partial charge in [0, 0.05) is 6.42 Å². The second-order valence-corrected chi connectivity index (χ2v) is 3.44. The van der Waals surface area contributed by atoms with Crippen molar-refractivity contribution in [2.24, 2.45) is 5.73 Å². The van der Waals surface area contributed by atoms with E-state index >= 15 is 0 Å². The molecule has 1 aromatic rings. The van der Waals surface area contributed by atoms with Crippen LogP contribution < -0.4 is 5.73 Å². The van der Waals surface area contributed by atoms with Gasteiger partial charge in [-0.3, -0.25) is 0 Å². The number of hydrogen-bond acceptors (Lipinski definition) is 3. The molecule has 6 heteroatoms. The second-order valence-electron chi connectivity index (χ2n) is 3.44. The van der Waals surface area contributed by atoms with E-state index in [2.05, 4.69) is 10.3 Å². The Kier molecular flexibility index (Phi) is 2.45. The fourth-order valence-corrected chi connectivity index (χ4v) is 1.46. The van der Waals surface area contributed by atoms with Crippen LogP contribution in [0.2, 0.25) is 0 Å². The van der Waals surface area contributed by atoms with Gasteiger partial charge in [0.2, 0.25) is 0 Å². The van der Waals surface area contributed by atoms with Gasteiger partial charge in [-0.1, -0.05) is 5.21 Å². The van der Waals surface area contributed by atoms with Crippen molar-refractivity contribution in [2.75, 3.05) is 6.54 Å². The fraction of sp³-hybridized carbons (Fsp3) is 0.750. The Morgan fingerprint density at radius 3 is 2.71 bits per heavy atom. The number of nitrogens with zero attached hydrogens (tertiary/aromatic N) is 3. The summed E-state index contributed by atoms with van der Waals surface area (Å²) < 4.78 is 26.7. The maximum absolute atomic E-state index is 12.7. The Morgan fingerprint density at radius 1 is 1.50 bits per heavy atom. The fourth-order valence-electron chi connectivity index (χ4n) is 1.46. The van der Waals surface area contributed by atoms with Crippen LogP contribution in [0.15, 0.2) is 0 Å². The van der Waals surface area contributed by atoms with Gasteiger partial charge in [0.25, 0.3) is 6.43 Å². The van der Waals surface area contributed by atoms with E-state index in [1.165, 1.54) is 4.68 Å². The summed E-state index contributed by atoms with van der Waals surface area (Å²) in [6, 6.07) is 0.137. The average molecular weight is 202 g/mol. The summed E-state index contributed by atoms with van der Waals surface area (Å²) in [6.45, 7) is 0.323. The lowest BCUT2D eigenvalue weighted by Gasteiger charge is -2.04. The molecule has 1 aliphatic rings. The van der Waals surface area contributed by atoms with Crippen molar-refractivity contribution in [1.82, 2.24) is 15.0 Å². The van der Waals surface area contributed by atoms with Crippen LogP contribution in [0.3, 0.4) is 0 Å². The van der Waals surface area contributed by atoms with E-state index in [0.717, 1.165) is 12.8 Å². The third kappa shape index (κ3) is 1.61.